The molecular weight excluding hydrogens is 256 g/mol. The fraction of sp³-hybridized carbons (Fsp3) is 0.0625. The van der Waals surface area contributed by atoms with Gasteiger partial charge in [-0.3, -0.25) is 0 Å². The van der Waals surface area contributed by atoms with Gasteiger partial charge in [-0.1, -0.05) is 41.4 Å². The van der Waals surface area contributed by atoms with Gasteiger partial charge in [-0.25, -0.2) is 0 Å². The molecule has 2 rings (SSSR count). The van der Waals surface area contributed by atoms with E-state index in [0.717, 1.165) is 11.3 Å². The Hall–Kier alpha value is -2.24. The van der Waals surface area contributed by atoms with Gasteiger partial charge in [0.05, 0.1) is 5.57 Å². The first-order chi connectivity index (χ1) is 9.19. The lowest BCUT2D eigenvalue weighted by molar-refractivity contribution is 1.45. The third-order valence-corrected chi connectivity index (χ3v) is 2.96. The van der Waals surface area contributed by atoms with E-state index in [1.807, 2.05) is 43.3 Å². The summed E-state index contributed by atoms with van der Waals surface area (Å²) in [5, 5.41) is 13.0. The van der Waals surface area contributed by atoms with E-state index in [4.69, 9.17) is 11.6 Å². The van der Waals surface area contributed by atoms with E-state index in [1.165, 1.54) is 5.56 Å². The topological polar surface area (TPSA) is 35.8 Å². The van der Waals surface area contributed by atoms with Crippen molar-refractivity contribution < 1.29 is 0 Å². The van der Waals surface area contributed by atoms with Gasteiger partial charge in [0.2, 0.25) is 0 Å². The lowest BCUT2D eigenvalue weighted by Crippen LogP contribution is -1.91. The molecule has 0 amide bonds. The van der Waals surface area contributed by atoms with E-state index in [-0.39, 0.29) is 0 Å². The van der Waals surface area contributed by atoms with Crippen molar-refractivity contribution >= 4 is 22.9 Å². The highest BCUT2D eigenvalue weighted by Crippen LogP contribution is 2.17. The summed E-state index contributed by atoms with van der Waals surface area (Å²) in [6.07, 6.45) is 1.70. The molecule has 0 saturated heterocycles. The number of nitrogens with zero attached hydrogens (tertiary/aromatic N) is 1. The average molecular weight is 269 g/mol. The Morgan fingerprint density at radius 1 is 1.11 bits per heavy atom. The van der Waals surface area contributed by atoms with Crippen LogP contribution in [0, 0.1) is 18.3 Å². The molecule has 0 fully saturated rings. The lowest BCUT2D eigenvalue weighted by atomic mass is 10.1. The van der Waals surface area contributed by atoms with Gasteiger partial charge in [-0.2, -0.15) is 5.26 Å². The predicted octanol–water partition coefficient (Wildman–Crippen LogP) is 4.63. The zero-order valence-electron chi connectivity index (χ0n) is 10.5. The summed E-state index contributed by atoms with van der Waals surface area (Å²) in [7, 11) is 0. The van der Waals surface area contributed by atoms with Crippen LogP contribution in [0.15, 0.2) is 54.7 Å². The van der Waals surface area contributed by atoms with Crippen molar-refractivity contribution in [3.8, 4) is 6.07 Å². The van der Waals surface area contributed by atoms with Gasteiger partial charge in [0.15, 0.2) is 0 Å². The van der Waals surface area contributed by atoms with Gasteiger partial charge >= 0.3 is 0 Å². The summed E-state index contributed by atoms with van der Waals surface area (Å²) in [4.78, 5) is 0. The number of hydrogen-bond acceptors (Lipinski definition) is 2. The van der Waals surface area contributed by atoms with Crippen molar-refractivity contribution in [1.29, 1.82) is 5.26 Å². The van der Waals surface area contributed by atoms with Crippen LogP contribution in [0.25, 0.3) is 5.57 Å². The van der Waals surface area contributed by atoms with Crippen molar-refractivity contribution in [3.63, 3.8) is 0 Å². The number of anilines is 1. The Kier molecular flexibility index (Phi) is 4.22. The summed E-state index contributed by atoms with van der Waals surface area (Å²) < 4.78 is 0. The van der Waals surface area contributed by atoms with Crippen LogP contribution in [0.5, 0.6) is 0 Å². The molecule has 0 radical (unpaired) electrons. The summed E-state index contributed by atoms with van der Waals surface area (Å²) in [5.74, 6) is 0. The number of benzene rings is 2. The van der Waals surface area contributed by atoms with Crippen molar-refractivity contribution in [1.82, 2.24) is 0 Å². The fourth-order valence-corrected chi connectivity index (χ4v) is 1.74. The predicted molar refractivity (Wildman–Crippen MR) is 79.8 cm³/mol. The van der Waals surface area contributed by atoms with Crippen LogP contribution in [-0.2, 0) is 0 Å². The number of allylic oxidation sites excluding steroid dienone is 1. The minimum absolute atomic E-state index is 0.567. The summed E-state index contributed by atoms with van der Waals surface area (Å²) in [5.41, 5.74) is 3.56. The number of nitriles is 1. The van der Waals surface area contributed by atoms with Crippen molar-refractivity contribution in [2.45, 2.75) is 6.92 Å². The Balaban J connectivity index is 2.18. The average Bonchev–Trinajstić information content (AvgIpc) is 2.43. The number of nitrogens with one attached hydrogen (secondary N) is 1. The fourth-order valence-electron chi connectivity index (χ4n) is 1.61. The number of aryl methyl sites for hydroxylation is 1. The normalized spacial score (nSPS) is 10.9. The molecule has 2 nitrogen and oxygen atoms in total. The van der Waals surface area contributed by atoms with Crippen molar-refractivity contribution in [2.24, 2.45) is 0 Å². The smallest absolute Gasteiger partial charge is 0.101 e. The van der Waals surface area contributed by atoms with Crippen LogP contribution in [0.1, 0.15) is 11.1 Å². The minimum atomic E-state index is 0.567. The molecule has 0 aromatic heterocycles. The second-order valence-corrected chi connectivity index (χ2v) is 4.62. The van der Waals surface area contributed by atoms with Crippen molar-refractivity contribution in [3.05, 3.63) is 70.9 Å². The standard InChI is InChI=1S/C16H13ClN2/c1-12-2-8-16(9-3-12)19-11-14(10-18)13-4-6-15(17)7-5-13/h2-9,11,19H,1H3. The van der Waals surface area contributed by atoms with Crippen molar-refractivity contribution in [2.75, 3.05) is 5.32 Å². The molecule has 0 unspecified atom stereocenters. The largest absolute Gasteiger partial charge is 0.360 e. The highest BCUT2D eigenvalue weighted by Gasteiger charge is 2.00. The number of rotatable bonds is 3. The molecule has 2 aromatic rings. The Labute approximate surface area is 118 Å². The molecule has 0 atom stereocenters. The van der Waals surface area contributed by atoms with Crippen LogP contribution in [0.2, 0.25) is 5.02 Å². The number of halogens is 1. The minimum Gasteiger partial charge on any atom is -0.360 e. The molecule has 0 aliphatic carbocycles. The Morgan fingerprint density at radius 3 is 2.32 bits per heavy atom. The second kappa shape index (κ2) is 6.08. The molecule has 1 N–H and O–H groups in total. The molecular formula is C16H13ClN2. The maximum absolute atomic E-state index is 9.18. The highest BCUT2D eigenvalue weighted by molar-refractivity contribution is 6.30. The maximum atomic E-state index is 9.18. The van der Waals surface area contributed by atoms with Crippen LogP contribution in [0.4, 0.5) is 5.69 Å². The molecule has 0 aliphatic heterocycles. The first-order valence-electron chi connectivity index (χ1n) is 5.88. The monoisotopic (exact) mass is 268 g/mol. The summed E-state index contributed by atoms with van der Waals surface area (Å²) in [6.45, 7) is 2.04. The first kappa shape index (κ1) is 13.2. The van der Waals surface area contributed by atoms with Gasteiger partial charge in [0, 0.05) is 16.9 Å². The second-order valence-electron chi connectivity index (χ2n) is 4.19. The third kappa shape index (κ3) is 3.61. The SMILES string of the molecule is Cc1ccc(NC=C(C#N)c2ccc(Cl)cc2)cc1. The van der Waals surface area contributed by atoms with Gasteiger partial charge in [0.1, 0.15) is 6.07 Å². The quantitative estimate of drug-likeness (QED) is 0.824. The Morgan fingerprint density at radius 2 is 1.74 bits per heavy atom. The van der Waals surface area contributed by atoms with E-state index in [2.05, 4.69) is 11.4 Å². The molecule has 19 heavy (non-hydrogen) atoms. The molecule has 94 valence electrons. The first-order valence-corrected chi connectivity index (χ1v) is 6.26. The Bertz CT molecular complexity index is 619. The van der Waals surface area contributed by atoms with Crippen LogP contribution in [0.3, 0.4) is 0 Å². The molecule has 0 saturated carbocycles. The van der Waals surface area contributed by atoms with E-state index in [1.54, 1.807) is 18.3 Å². The molecule has 2 aromatic carbocycles. The van der Waals surface area contributed by atoms with E-state index in [0.29, 0.717) is 10.6 Å². The van der Waals surface area contributed by atoms with Crippen LogP contribution < -0.4 is 5.32 Å². The van der Waals surface area contributed by atoms with E-state index < -0.39 is 0 Å². The third-order valence-electron chi connectivity index (χ3n) is 2.71. The lowest BCUT2D eigenvalue weighted by Gasteiger charge is -2.03. The van der Waals surface area contributed by atoms with Crippen LogP contribution in [-0.4, -0.2) is 0 Å². The van der Waals surface area contributed by atoms with Gasteiger partial charge in [-0.05, 0) is 36.8 Å². The molecule has 0 spiro atoms. The maximum Gasteiger partial charge on any atom is 0.101 e. The zero-order chi connectivity index (χ0) is 13.7. The van der Waals surface area contributed by atoms with Gasteiger partial charge < -0.3 is 5.32 Å². The molecule has 0 bridgehead atoms. The molecule has 3 heteroatoms. The van der Waals surface area contributed by atoms with E-state index >= 15 is 0 Å². The zero-order valence-corrected chi connectivity index (χ0v) is 11.3. The highest BCUT2D eigenvalue weighted by atomic mass is 35.5. The summed E-state index contributed by atoms with van der Waals surface area (Å²) >= 11 is 5.83. The van der Waals surface area contributed by atoms with Gasteiger partial charge in [0.25, 0.3) is 0 Å². The number of hydrogen-bond donors (Lipinski definition) is 1. The van der Waals surface area contributed by atoms with E-state index in [9.17, 15) is 5.26 Å². The van der Waals surface area contributed by atoms with Gasteiger partial charge in [-0.15, -0.1) is 0 Å². The summed E-state index contributed by atoms with van der Waals surface area (Å²) in [6, 6.07) is 17.4. The van der Waals surface area contributed by atoms with Crippen LogP contribution >= 0.6 is 11.6 Å². The molecule has 0 aliphatic rings. The molecule has 0 heterocycles.